The maximum Gasteiger partial charge on any atom is 0.127 e. The van der Waals surface area contributed by atoms with Crippen molar-refractivity contribution in [2.45, 2.75) is 52.5 Å². The molecular weight excluding hydrogens is 186 g/mol. The molecule has 0 spiro atoms. The lowest BCUT2D eigenvalue weighted by Gasteiger charge is -2.07. The van der Waals surface area contributed by atoms with Gasteiger partial charge in [-0.15, -0.1) is 0 Å². The SMILES string of the molecule is CCc1nc(CC(C)C)c(N)n1C1CC1. The summed E-state index contributed by atoms with van der Waals surface area (Å²) in [6, 6.07) is 0.647. The lowest BCUT2D eigenvalue weighted by molar-refractivity contribution is 0.637. The summed E-state index contributed by atoms with van der Waals surface area (Å²) in [6.07, 6.45) is 4.53. The number of imidazole rings is 1. The molecule has 0 atom stereocenters. The van der Waals surface area contributed by atoms with Gasteiger partial charge in [-0.3, -0.25) is 0 Å². The molecule has 0 radical (unpaired) electrons. The van der Waals surface area contributed by atoms with E-state index in [1.165, 1.54) is 18.7 Å². The summed E-state index contributed by atoms with van der Waals surface area (Å²) in [5.41, 5.74) is 7.27. The van der Waals surface area contributed by atoms with Crippen LogP contribution in [-0.2, 0) is 12.8 Å². The molecule has 3 heteroatoms. The van der Waals surface area contributed by atoms with Crippen LogP contribution in [0.3, 0.4) is 0 Å². The van der Waals surface area contributed by atoms with Crippen LogP contribution in [0.5, 0.6) is 0 Å². The third kappa shape index (κ3) is 2.01. The molecule has 1 fully saturated rings. The van der Waals surface area contributed by atoms with Gasteiger partial charge in [-0.2, -0.15) is 0 Å². The van der Waals surface area contributed by atoms with Crippen LogP contribution in [0.2, 0.25) is 0 Å². The molecule has 1 heterocycles. The zero-order chi connectivity index (χ0) is 11.0. The van der Waals surface area contributed by atoms with E-state index in [-0.39, 0.29) is 0 Å². The second kappa shape index (κ2) is 3.87. The smallest absolute Gasteiger partial charge is 0.127 e. The predicted molar refractivity (Wildman–Crippen MR) is 62.8 cm³/mol. The predicted octanol–water partition coefficient (Wildman–Crippen LogP) is 2.56. The van der Waals surface area contributed by atoms with Crippen LogP contribution < -0.4 is 5.73 Å². The Kier molecular flexibility index (Phi) is 2.72. The average molecular weight is 207 g/mol. The zero-order valence-corrected chi connectivity index (χ0v) is 9.95. The molecule has 15 heavy (non-hydrogen) atoms. The molecule has 1 aliphatic carbocycles. The highest BCUT2D eigenvalue weighted by molar-refractivity contribution is 5.40. The quantitative estimate of drug-likeness (QED) is 0.824. The Morgan fingerprint density at radius 3 is 2.60 bits per heavy atom. The molecule has 0 saturated heterocycles. The van der Waals surface area contributed by atoms with Crippen molar-refractivity contribution in [1.29, 1.82) is 0 Å². The lowest BCUT2D eigenvalue weighted by atomic mass is 10.1. The van der Waals surface area contributed by atoms with Crippen LogP contribution in [0.1, 0.15) is 51.2 Å². The van der Waals surface area contributed by atoms with E-state index in [1.807, 2.05) is 0 Å². The number of aromatic nitrogens is 2. The Bertz CT molecular complexity index is 348. The van der Waals surface area contributed by atoms with Crippen LogP contribution in [0.15, 0.2) is 0 Å². The first-order valence-electron chi connectivity index (χ1n) is 5.98. The van der Waals surface area contributed by atoms with Gasteiger partial charge in [0.25, 0.3) is 0 Å². The molecule has 1 saturated carbocycles. The van der Waals surface area contributed by atoms with E-state index in [0.29, 0.717) is 12.0 Å². The zero-order valence-electron chi connectivity index (χ0n) is 9.95. The van der Waals surface area contributed by atoms with E-state index in [9.17, 15) is 0 Å². The standard InChI is InChI=1S/C12H21N3/c1-4-11-14-10(7-8(2)3)12(13)15(11)9-5-6-9/h8-9H,4-7,13H2,1-3H3. The third-order valence-electron chi connectivity index (χ3n) is 2.93. The van der Waals surface area contributed by atoms with Gasteiger partial charge in [0.1, 0.15) is 11.6 Å². The monoisotopic (exact) mass is 207 g/mol. The normalized spacial score (nSPS) is 16.3. The second-order valence-corrected chi connectivity index (χ2v) is 4.91. The summed E-state index contributed by atoms with van der Waals surface area (Å²) in [4.78, 5) is 4.67. The Hall–Kier alpha value is -0.990. The minimum absolute atomic E-state index is 0.625. The first-order chi connectivity index (χ1) is 7.13. The molecule has 0 aliphatic heterocycles. The maximum atomic E-state index is 6.17. The lowest BCUT2D eigenvalue weighted by Crippen LogP contribution is -2.05. The van der Waals surface area contributed by atoms with Crippen LogP contribution >= 0.6 is 0 Å². The molecule has 1 aromatic rings. The Morgan fingerprint density at radius 1 is 1.47 bits per heavy atom. The number of nitrogens with zero attached hydrogens (tertiary/aromatic N) is 2. The number of aryl methyl sites for hydroxylation is 1. The highest BCUT2D eigenvalue weighted by atomic mass is 15.2. The van der Waals surface area contributed by atoms with Crippen molar-refractivity contribution in [3.63, 3.8) is 0 Å². The molecule has 0 unspecified atom stereocenters. The van der Waals surface area contributed by atoms with Gasteiger partial charge in [-0.1, -0.05) is 20.8 Å². The van der Waals surface area contributed by atoms with Crippen molar-refractivity contribution < 1.29 is 0 Å². The van der Waals surface area contributed by atoms with Crippen molar-refractivity contribution in [2.75, 3.05) is 5.73 Å². The minimum atomic E-state index is 0.625. The molecule has 3 nitrogen and oxygen atoms in total. The fraction of sp³-hybridized carbons (Fsp3) is 0.750. The summed E-state index contributed by atoms with van der Waals surface area (Å²) < 4.78 is 2.26. The van der Waals surface area contributed by atoms with Gasteiger partial charge in [0.2, 0.25) is 0 Å². The maximum absolute atomic E-state index is 6.17. The summed E-state index contributed by atoms with van der Waals surface area (Å²) in [5, 5.41) is 0. The van der Waals surface area contributed by atoms with E-state index in [1.54, 1.807) is 0 Å². The second-order valence-electron chi connectivity index (χ2n) is 4.91. The number of hydrogen-bond acceptors (Lipinski definition) is 2. The first kappa shape index (κ1) is 10.5. The fourth-order valence-electron chi connectivity index (χ4n) is 2.07. The van der Waals surface area contributed by atoms with Crippen LogP contribution in [0, 0.1) is 5.92 Å². The van der Waals surface area contributed by atoms with Crippen molar-refractivity contribution in [1.82, 2.24) is 9.55 Å². The molecular formula is C12H21N3. The van der Waals surface area contributed by atoms with Gasteiger partial charge in [-0.25, -0.2) is 4.98 Å². The number of rotatable bonds is 4. The Labute approximate surface area is 91.7 Å². The van der Waals surface area contributed by atoms with E-state index in [0.717, 1.165) is 24.4 Å². The highest BCUT2D eigenvalue weighted by Gasteiger charge is 2.29. The Morgan fingerprint density at radius 2 is 2.13 bits per heavy atom. The largest absolute Gasteiger partial charge is 0.384 e. The van der Waals surface area contributed by atoms with Gasteiger partial charge in [0.05, 0.1) is 5.69 Å². The van der Waals surface area contributed by atoms with Gasteiger partial charge >= 0.3 is 0 Å². The van der Waals surface area contributed by atoms with Crippen LogP contribution in [0.4, 0.5) is 5.82 Å². The van der Waals surface area contributed by atoms with Crippen molar-refractivity contribution in [3.05, 3.63) is 11.5 Å². The molecule has 84 valence electrons. The minimum Gasteiger partial charge on any atom is -0.384 e. The molecule has 0 aromatic carbocycles. The average Bonchev–Trinajstić information content (AvgIpc) is 2.94. The molecule has 2 N–H and O–H groups in total. The first-order valence-corrected chi connectivity index (χ1v) is 5.98. The molecule has 1 aliphatic rings. The summed E-state index contributed by atoms with van der Waals surface area (Å²) in [7, 11) is 0. The number of anilines is 1. The van der Waals surface area contributed by atoms with Gasteiger partial charge < -0.3 is 10.3 Å². The van der Waals surface area contributed by atoms with Gasteiger partial charge in [-0.05, 0) is 25.2 Å². The van der Waals surface area contributed by atoms with Crippen molar-refractivity contribution >= 4 is 5.82 Å². The molecule has 2 rings (SSSR count). The summed E-state index contributed by atoms with van der Waals surface area (Å²) in [6.45, 7) is 6.57. The number of hydrogen-bond donors (Lipinski definition) is 1. The van der Waals surface area contributed by atoms with E-state index in [4.69, 9.17) is 5.73 Å². The third-order valence-corrected chi connectivity index (χ3v) is 2.93. The Balaban J connectivity index is 2.31. The van der Waals surface area contributed by atoms with Crippen LogP contribution in [-0.4, -0.2) is 9.55 Å². The van der Waals surface area contributed by atoms with Crippen molar-refractivity contribution in [3.8, 4) is 0 Å². The van der Waals surface area contributed by atoms with E-state index >= 15 is 0 Å². The van der Waals surface area contributed by atoms with Gasteiger partial charge in [0, 0.05) is 12.5 Å². The van der Waals surface area contributed by atoms with Gasteiger partial charge in [0.15, 0.2) is 0 Å². The van der Waals surface area contributed by atoms with E-state index in [2.05, 4.69) is 30.3 Å². The number of nitrogen functional groups attached to an aromatic ring is 1. The molecule has 0 amide bonds. The highest BCUT2D eigenvalue weighted by Crippen LogP contribution is 2.39. The molecule has 1 aromatic heterocycles. The van der Waals surface area contributed by atoms with E-state index < -0.39 is 0 Å². The van der Waals surface area contributed by atoms with Crippen LogP contribution in [0.25, 0.3) is 0 Å². The number of nitrogens with two attached hydrogens (primary N) is 1. The summed E-state index contributed by atoms with van der Waals surface area (Å²) in [5.74, 6) is 2.72. The summed E-state index contributed by atoms with van der Waals surface area (Å²) >= 11 is 0. The fourth-order valence-corrected chi connectivity index (χ4v) is 2.07. The molecule has 0 bridgehead atoms. The van der Waals surface area contributed by atoms with Crippen molar-refractivity contribution in [2.24, 2.45) is 5.92 Å². The topological polar surface area (TPSA) is 43.8 Å².